The number of imidazole rings is 1. The fraction of sp³-hybridized carbons (Fsp3) is 0.500. The average molecular weight is 231 g/mol. The van der Waals surface area contributed by atoms with E-state index in [9.17, 15) is 0 Å². The molecule has 0 radical (unpaired) electrons. The zero-order chi connectivity index (χ0) is 12.3. The molecule has 3 nitrogen and oxygen atoms in total. The van der Waals surface area contributed by atoms with E-state index in [1.54, 1.807) is 0 Å². The van der Waals surface area contributed by atoms with Crippen LogP contribution in [0.2, 0.25) is 0 Å². The Labute approximate surface area is 103 Å². The molecule has 17 heavy (non-hydrogen) atoms. The Bertz CT molecular complexity index is 409. The second kappa shape index (κ2) is 5.32. The maximum atomic E-state index is 4.43. The molecule has 0 saturated carbocycles. The molecule has 1 aliphatic heterocycles. The molecule has 0 unspecified atom stereocenters. The van der Waals surface area contributed by atoms with Crippen molar-refractivity contribution in [3.8, 4) is 0 Å². The van der Waals surface area contributed by atoms with Crippen LogP contribution in [0.25, 0.3) is 6.08 Å². The lowest BCUT2D eigenvalue weighted by atomic mass is 10.0. The summed E-state index contributed by atoms with van der Waals surface area (Å²) in [4.78, 5) is 6.82. The Morgan fingerprint density at radius 2 is 2.12 bits per heavy atom. The molecular formula is C14H21N3. The van der Waals surface area contributed by atoms with Gasteiger partial charge in [0.2, 0.25) is 0 Å². The van der Waals surface area contributed by atoms with Crippen LogP contribution in [0.3, 0.4) is 0 Å². The van der Waals surface area contributed by atoms with Gasteiger partial charge in [-0.15, -0.1) is 0 Å². The number of nitrogens with zero attached hydrogens (tertiary/aromatic N) is 3. The molecule has 0 aromatic carbocycles. The highest BCUT2D eigenvalue weighted by molar-refractivity contribution is 5.49. The van der Waals surface area contributed by atoms with Crippen LogP contribution >= 0.6 is 0 Å². The molecule has 0 aliphatic carbocycles. The Morgan fingerprint density at radius 3 is 2.76 bits per heavy atom. The first-order valence-electron chi connectivity index (χ1n) is 6.23. The monoisotopic (exact) mass is 231 g/mol. The first kappa shape index (κ1) is 12.1. The number of rotatable bonds is 3. The molecule has 0 bridgehead atoms. The van der Waals surface area contributed by atoms with Crippen molar-refractivity contribution in [1.82, 2.24) is 14.5 Å². The zero-order valence-corrected chi connectivity index (χ0v) is 10.8. The van der Waals surface area contributed by atoms with Crippen molar-refractivity contribution in [2.24, 2.45) is 0 Å². The molecule has 0 atom stereocenters. The summed E-state index contributed by atoms with van der Waals surface area (Å²) in [6.07, 6.45) is 10.3. The molecule has 0 amide bonds. The summed E-state index contributed by atoms with van der Waals surface area (Å²) in [5, 5.41) is 0. The van der Waals surface area contributed by atoms with E-state index in [1.165, 1.54) is 31.6 Å². The molecule has 3 heteroatoms. The minimum atomic E-state index is 0.594. The van der Waals surface area contributed by atoms with Crippen LogP contribution < -0.4 is 0 Å². The van der Waals surface area contributed by atoms with Crippen molar-refractivity contribution in [2.45, 2.75) is 25.8 Å². The van der Waals surface area contributed by atoms with E-state index in [-0.39, 0.29) is 0 Å². The van der Waals surface area contributed by atoms with Crippen molar-refractivity contribution >= 4 is 6.08 Å². The minimum Gasteiger partial charge on any atom is -0.328 e. The van der Waals surface area contributed by atoms with Gasteiger partial charge in [0, 0.05) is 6.04 Å². The van der Waals surface area contributed by atoms with E-state index in [0.29, 0.717) is 6.04 Å². The van der Waals surface area contributed by atoms with Crippen LogP contribution in [0.5, 0.6) is 0 Å². The Balaban J connectivity index is 2.20. The molecule has 2 heterocycles. The molecule has 0 spiro atoms. The molecule has 1 fully saturated rings. The third kappa shape index (κ3) is 2.67. The molecular weight excluding hydrogens is 210 g/mol. The highest BCUT2D eigenvalue weighted by Crippen LogP contribution is 2.25. The van der Waals surface area contributed by atoms with E-state index >= 15 is 0 Å². The number of piperidine rings is 1. The summed E-state index contributed by atoms with van der Waals surface area (Å²) in [6, 6.07) is 0.594. The molecule has 1 aromatic rings. The summed E-state index contributed by atoms with van der Waals surface area (Å²) >= 11 is 0. The lowest BCUT2D eigenvalue weighted by molar-refractivity contribution is 0.220. The fourth-order valence-electron chi connectivity index (χ4n) is 2.39. The number of hydrogen-bond donors (Lipinski definition) is 0. The number of aryl methyl sites for hydroxylation is 1. The van der Waals surface area contributed by atoms with Gasteiger partial charge in [0.25, 0.3) is 0 Å². The first-order chi connectivity index (χ1) is 8.22. The molecule has 2 rings (SSSR count). The maximum absolute atomic E-state index is 4.43. The largest absolute Gasteiger partial charge is 0.328 e. The lowest BCUT2D eigenvalue weighted by Crippen LogP contribution is -2.31. The molecule has 0 N–H and O–H groups in total. The van der Waals surface area contributed by atoms with Gasteiger partial charge in [-0.2, -0.15) is 0 Å². The third-order valence-electron chi connectivity index (χ3n) is 3.50. The first-order valence-corrected chi connectivity index (χ1v) is 6.23. The smallest absolute Gasteiger partial charge is 0.0956 e. The number of aromatic nitrogens is 2. The Kier molecular flexibility index (Phi) is 3.79. The van der Waals surface area contributed by atoms with Gasteiger partial charge in [-0.05, 0) is 46.0 Å². The second-order valence-electron chi connectivity index (χ2n) is 4.75. The Hall–Kier alpha value is -1.35. The highest BCUT2D eigenvalue weighted by Gasteiger charge is 2.20. The van der Waals surface area contributed by atoms with Crippen LogP contribution in [0, 0.1) is 6.92 Å². The lowest BCUT2D eigenvalue weighted by Gasteiger charge is -2.30. The predicted molar refractivity (Wildman–Crippen MR) is 72.0 cm³/mol. The van der Waals surface area contributed by atoms with Gasteiger partial charge in [-0.1, -0.05) is 18.7 Å². The van der Waals surface area contributed by atoms with E-state index in [4.69, 9.17) is 0 Å². The van der Waals surface area contributed by atoms with Gasteiger partial charge >= 0.3 is 0 Å². The topological polar surface area (TPSA) is 21.1 Å². The number of likely N-dealkylation sites (tertiary alicyclic amines) is 1. The van der Waals surface area contributed by atoms with Crippen molar-refractivity contribution in [3.05, 3.63) is 36.4 Å². The number of hydrogen-bond acceptors (Lipinski definition) is 2. The summed E-state index contributed by atoms with van der Waals surface area (Å²) in [6.45, 7) is 8.13. The quantitative estimate of drug-likeness (QED) is 0.746. The van der Waals surface area contributed by atoms with Gasteiger partial charge in [0.15, 0.2) is 0 Å². The van der Waals surface area contributed by atoms with Gasteiger partial charge < -0.3 is 9.47 Å². The third-order valence-corrected chi connectivity index (χ3v) is 3.50. The van der Waals surface area contributed by atoms with Gasteiger partial charge in [0.1, 0.15) is 0 Å². The predicted octanol–water partition coefficient (Wildman–Crippen LogP) is 2.66. The SMILES string of the molecule is C=C/C=C\c1c(C)ncn1C1CCN(C)CC1. The highest BCUT2D eigenvalue weighted by atomic mass is 15.1. The van der Waals surface area contributed by atoms with E-state index in [1.807, 2.05) is 18.5 Å². The van der Waals surface area contributed by atoms with Crippen molar-refractivity contribution in [2.75, 3.05) is 20.1 Å². The van der Waals surface area contributed by atoms with Crippen molar-refractivity contribution in [3.63, 3.8) is 0 Å². The zero-order valence-electron chi connectivity index (χ0n) is 10.8. The van der Waals surface area contributed by atoms with Gasteiger partial charge in [-0.3, -0.25) is 0 Å². The van der Waals surface area contributed by atoms with Crippen LogP contribution in [-0.4, -0.2) is 34.6 Å². The molecule has 92 valence electrons. The van der Waals surface area contributed by atoms with Crippen LogP contribution in [-0.2, 0) is 0 Å². The second-order valence-corrected chi connectivity index (χ2v) is 4.75. The Morgan fingerprint density at radius 1 is 1.41 bits per heavy atom. The molecule has 1 aliphatic rings. The van der Waals surface area contributed by atoms with Crippen molar-refractivity contribution < 1.29 is 0 Å². The van der Waals surface area contributed by atoms with Crippen LogP contribution in [0.1, 0.15) is 30.3 Å². The minimum absolute atomic E-state index is 0.594. The maximum Gasteiger partial charge on any atom is 0.0956 e. The number of allylic oxidation sites excluding steroid dienone is 2. The average Bonchev–Trinajstić information content (AvgIpc) is 2.69. The van der Waals surface area contributed by atoms with E-state index < -0.39 is 0 Å². The van der Waals surface area contributed by atoms with Gasteiger partial charge in [0.05, 0.1) is 17.7 Å². The molecule has 1 aromatic heterocycles. The van der Waals surface area contributed by atoms with E-state index in [0.717, 1.165) is 5.69 Å². The molecule has 1 saturated heterocycles. The van der Waals surface area contributed by atoms with Crippen LogP contribution in [0.4, 0.5) is 0 Å². The fourth-order valence-corrected chi connectivity index (χ4v) is 2.39. The van der Waals surface area contributed by atoms with Crippen LogP contribution in [0.15, 0.2) is 25.1 Å². The summed E-state index contributed by atoms with van der Waals surface area (Å²) in [7, 11) is 2.19. The van der Waals surface area contributed by atoms with Crippen molar-refractivity contribution in [1.29, 1.82) is 0 Å². The standard InChI is InChI=1S/C14H21N3/c1-4-5-6-14-12(2)15-11-17(14)13-7-9-16(3)10-8-13/h4-6,11,13H,1,7-10H2,2-3H3/b6-5-. The van der Waals surface area contributed by atoms with E-state index in [2.05, 4.69) is 41.1 Å². The normalized spacial score (nSPS) is 18.9. The summed E-state index contributed by atoms with van der Waals surface area (Å²) in [5.41, 5.74) is 2.32. The summed E-state index contributed by atoms with van der Waals surface area (Å²) < 4.78 is 2.32. The summed E-state index contributed by atoms with van der Waals surface area (Å²) in [5.74, 6) is 0. The van der Waals surface area contributed by atoms with Gasteiger partial charge in [-0.25, -0.2) is 4.98 Å².